The molecule has 0 saturated carbocycles. The summed E-state index contributed by atoms with van der Waals surface area (Å²) in [4.78, 5) is 24.0. The Balaban J connectivity index is 2.74. The van der Waals surface area contributed by atoms with Crippen molar-refractivity contribution in [3.05, 3.63) is 29.8 Å². The van der Waals surface area contributed by atoms with Crippen LogP contribution in [0.1, 0.15) is 39.2 Å². The molecule has 0 aliphatic heterocycles. The summed E-state index contributed by atoms with van der Waals surface area (Å²) in [7, 11) is 0. The van der Waals surface area contributed by atoms with E-state index in [2.05, 4.69) is 5.32 Å². The van der Waals surface area contributed by atoms with Gasteiger partial charge in [-0.05, 0) is 36.1 Å². The molecule has 0 aliphatic carbocycles. The molecule has 0 aliphatic rings. The van der Waals surface area contributed by atoms with Crippen molar-refractivity contribution in [1.82, 2.24) is 0 Å². The summed E-state index contributed by atoms with van der Waals surface area (Å²) in [5, 5.41) is 11.3. The first-order valence-electron chi connectivity index (χ1n) is 7.34. The molecule has 1 N–H and O–H groups in total. The molecule has 0 bridgehead atoms. The van der Waals surface area contributed by atoms with Gasteiger partial charge in [0.05, 0.1) is 11.6 Å². The summed E-state index contributed by atoms with van der Waals surface area (Å²) in [6.45, 7) is 5.80. The summed E-state index contributed by atoms with van der Waals surface area (Å²) in [5.41, 5.74) is -0.866. The number of ketones is 1. The summed E-state index contributed by atoms with van der Waals surface area (Å²) in [5.74, 6) is -2.82. The summed E-state index contributed by atoms with van der Waals surface area (Å²) in [6.07, 6.45) is -3.86. The van der Waals surface area contributed by atoms with Crippen LogP contribution in [0.25, 0.3) is 0 Å². The second-order valence-corrected chi connectivity index (χ2v) is 6.65. The third-order valence-corrected chi connectivity index (χ3v) is 3.31. The molecule has 0 heterocycles. The Labute approximate surface area is 138 Å². The normalized spacial score (nSPS) is 13.0. The van der Waals surface area contributed by atoms with Crippen molar-refractivity contribution >= 4 is 17.4 Å². The van der Waals surface area contributed by atoms with Crippen LogP contribution in [0.2, 0.25) is 0 Å². The minimum Gasteiger partial charge on any atom is -0.325 e. The van der Waals surface area contributed by atoms with Crippen molar-refractivity contribution in [3.8, 4) is 6.07 Å². The first kappa shape index (κ1) is 19.7. The fourth-order valence-electron chi connectivity index (χ4n) is 1.88. The van der Waals surface area contributed by atoms with Crippen molar-refractivity contribution in [1.29, 1.82) is 5.26 Å². The van der Waals surface area contributed by atoms with Crippen LogP contribution in [0.4, 0.5) is 18.9 Å². The summed E-state index contributed by atoms with van der Waals surface area (Å²) >= 11 is 0. The zero-order chi connectivity index (χ0) is 18.5. The fourth-order valence-corrected chi connectivity index (χ4v) is 1.88. The van der Waals surface area contributed by atoms with Crippen LogP contribution >= 0.6 is 0 Å². The Kier molecular flexibility index (Phi) is 6.13. The minimum absolute atomic E-state index is 0.0855. The molecule has 130 valence electrons. The lowest BCUT2D eigenvalue weighted by molar-refractivity contribution is -0.137. The number of hydrogen-bond acceptors (Lipinski definition) is 3. The topological polar surface area (TPSA) is 70.0 Å². The third kappa shape index (κ3) is 6.03. The van der Waals surface area contributed by atoms with Gasteiger partial charge < -0.3 is 5.32 Å². The molecule has 0 fully saturated rings. The minimum atomic E-state index is -4.47. The van der Waals surface area contributed by atoms with Crippen LogP contribution in [0, 0.1) is 22.7 Å². The fraction of sp³-hybridized carbons (Fsp3) is 0.471. The lowest BCUT2D eigenvalue weighted by atomic mass is 9.87. The molecule has 0 saturated heterocycles. The highest BCUT2D eigenvalue weighted by atomic mass is 19.4. The summed E-state index contributed by atoms with van der Waals surface area (Å²) in [6, 6.07) is 5.44. The quantitative estimate of drug-likeness (QED) is 0.818. The molecule has 0 spiro atoms. The molecule has 1 amide bonds. The van der Waals surface area contributed by atoms with Crippen LogP contribution in [-0.4, -0.2) is 11.7 Å². The van der Waals surface area contributed by atoms with Gasteiger partial charge in [-0.1, -0.05) is 20.8 Å². The Bertz CT molecular complexity index is 638. The van der Waals surface area contributed by atoms with E-state index in [1.807, 2.05) is 20.8 Å². The molecule has 1 unspecified atom stereocenters. The Morgan fingerprint density at radius 1 is 1.17 bits per heavy atom. The second-order valence-electron chi connectivity index (χ2n) is 6.65. The van der Waals surface area contributed by atoms with E-state index in [1.165, 1.54) is 0 Å². The van der Waals surface area contributed by atoms with Crippen LogP contribution in [0.3, 0.4) is 0 Å². The average Bonchev–Trinajstić information content (AvgIpc) is 2.44. The number of hydrogen-bond donors (Lipinski definition) is 1. The first-order chi connectivity index (χ1) is 10.9. The maximum absolute atomic E-state index is 12.5. The van der Waals surface area contributed by atoms with Crippen LogP contribution < -0.4 is 5.32 Å². The number of anilines is 1. The number of nitriles is 1. The SMILES string of the molecule is CC(C)(C)CCC(=O)C(C#N)C(=O)Nc1ccc(C(F)(F)F)cc1. The maximum Gasteiger partial charge on any atom is 0.416 e. The molecular weight excluding hydrogens is 321 g/mol. The van der Waals surface area contributed by atoms with Gasteiger partial charge in [-0.3, -0.25) is 9.59 Å². The van der Waals surface area contributed by atoms with E-state index in [-0.39, 0.29) is 17.5 Å². The van der Waals surface area contributed by atoms with Crippen LogP contribution in [0.15, 0.2) is 24.3 Å². The van der Waals surface area contributed by atoms with Crippen molar-refractivity contribution in [3.63, 3.8) is 0 Å². The largest absolute Gasteiger partial charge is 0.416 e. The number of carbonyl (C=O) groups is 2. The number of nitrogens with zero attached hydrogens (tertiary/aromatic N) is 1. The number of halogens is 3. The lowest BCUT2D eigenvalue weighted by Gasteiger charge is -2.18. The van der Waals surface area contributed by atoms with Gasteiger partial charge in [-0.25, -0.2) is 0 Å². The number of carbonyl (C=O) groups excluding carboxylic acids is 2. The number of Topliss-reactive ketones (excluding diaryl/α,β-unsaturated/α-hetero) is 1. The van der Waals surface area contributed by atoms with Gasteiger partial charge in [0.2, 0.25) is 5.91 Å². The molecule has 1 aromatic rings. The van der Waals surface area contributed by atoms with Crippen molar-refractivity contribution in [2.45, 2.75) is 39.8 Å². The van der Waals surface area contributed by atoms with E-state index >= 15 is 0 Å². The highest BCUT2D eigenvalue weighted by Crippen LogP contribution is 2.30. The maximum atomic E-state index is 12.5. The number of benzene rings is 1. The van der Waals surface area contributed by atoms with Gasteiger partial charge in [0, 0.05) is 12.1 Å². The Morgan fingerprint density at radius 2 is 1.71 bits per heavy atom. The lowest BCUT2D eigenvalue weighted by Crippen LogP contribution is -2.29. The van der Waals surface area contributed by atoms with Gasteiger partial charge in [0.15, 0.2) is 11.7 Å². The van der Waals surface area contributed by atoms with Gasteiger partial charge in [-0.2, -0.15) is 18.4 Å². The Morgan fingerprint density at radius 3 is 2.12 bits per heavy atom. The number of nitrogens with one attached hydrogen (secondary N) is 1. The van der Waals surface area contributed by atoms with Crippen molar-refractivity contribution < 1.29 is 22.8 Å². The van der Waals surface area contributed by atoms with Gasteiger partial charge in [0.25, 0.3) is 0 Å². The van der Waals surface area contributed by atoms with Gasteiger partial charge >= 0.3 is 6.18 Å². The monoisotopic (exact) mass is 340 g/mol. The molecule has 1 aromatic carbocycles. The third-order valence-electron chi connectivity index (χ3n) is 3.31. The van der Waals surface area contributed by atoms with Gasteiger partial charge in [0.1, 0.15) is 0 Å². The zero-order valence-electron chi connectivity index (χ0n) is 13.7. The molecule has 0 radical (unpaired) electrons. The standard InChI is InChI=1S/C17H19F3N2O2/c1-16(2,3)9-8-14(23)13(10-21)15(24)22-12-6-4-11(5-7-12)17(18,19)20/h4-7,13H,8-9H2,1-3H3,(H,22,24). The predicted molar refractivity (Wildman–Crippen MR) is 82.9 cm³/mol. The first-order valence-corrected chi connectivity index (χ1v) is 7.34. The molecule has 4 nitrogen and oxygen atoms in total. The number of alkyl halides is 3. The highest BCUT2D eigenvalue weighted by molar-refractivity contribution is 6.09. The predicted octanol–water partition coefficient (Wildman–Crippen LogP) is 4.18. The van der Waals surface area contributed by atoms with Crippen molar-refractivity contribution in [2.24, 2.45) is 11.3 Å². The number of amides is 1. The van der Waals surface area contributed by atoms with Crippen molar-refractivity contribution in [2.75, 3.05) is 5.32 Å². The molecule has 24 heavy (non-hydrogen) atoms. The van der Waals surface area contributed by atoms with Crippen LogP contribution in [0.5, 0.6) is 0 Å². The van der Waals surface area contributed by atoms with E-state index < -0.39 is 29.3 Å². The average molecular weight is 340 g/mol. The van der Waals surface area contributed by atoms with E-state index in [0.29, 0.717) is 6.42 Å². The van der Waals surface area contributed by atoms with Gasteiger partial charge in [-0.15, -0.1) is 0 Å². The summed E-state index contributed by atoms with van der Waals surface area (Å²) < 4.78 is 37.4. The Hall–Kier alpha value is -2.36. The van der Waals surface area contributed by atoms with E-state index in [9.17, 15) is 22.8 Å². The smallest absolute Gasteiger partial charge is 0.325 e. The number of rotatable bonds is 5. The van der Waals surface area contributed by atoms with E-state index in [1.54, 1.807) is 6.07 Å². The zero-order valence-corrected chi connectivity index (χ0v) is 13.7. The second kappa shape index (κ2) is 7.47. The molecular formula is C17H19F3N2O2. The van der Waals surface area contributed by atoms with E-state index in [4.69, 9.17) is 5.26 Å². The molecule has 1 atom stereocenters. The van der Waals surface area contributed by atoms with Crippen LogP contribution in [-0.2, 0) is 15.8 Å². The molecule has 0 aromatic heterocycles. The molecule has 1 rings (SSSR count). The van der Waals surface area contributed by atoms with E-state index in [0.717, 1.165) is 24.3 Å². The highest BCUT2D eigenvalue weighted by Gasteiger charge is 2.30. The molecule has 7 heteroatoms.